The third-order valence-electron chi connectivity index (χ3n) is 5.84. The minimum atomic E-state index is -0.431. The van der Waals surface area contributed by atoms with Crippen LogP contribution in [0.5, 0.6) is 0 Å². The van der Waals surface area contributed by atoms with Crippen LogP contribution in [0.25, 0.3) is 0 Å². The molecule has 1 aromatic heterocycles. The number of anilines is 1. The lowest BCUT2D eigenvalue weighted by atomic mass is 9.99. The van der Waals surface area contributed by atoms with Crippen molar-refractivity contribution in [1.82, 2.24) is 15.1 Å². The Kier molecular flexibility index (Phi) is 6.27. The Bertz CT molecular complexity index is 1310. The van der Waals surface area contributed by atoms with E-state index in [2.05, 4.69) is 15.7 Å². The van der Waals surface area contributed by atoms with Gasteiger partial charge in [0, 0.05) is 28.1 Å². The van der Waals surface area contributed by atoms with Crippen molar-refractivity contribution in [2.24, 2.45) is 0 Å². The van der Waals surface area contributed by atoms with Gasteiger partial charge in [0.15, 0.2) is 0 Å². The molecular weight excluding hydrogens is 436 g/mol. The van der Waals surface area contributed by atoms with Crippen molar-refractivity contribution in [1.29, 1.82) is 0 Å². The molecule has 9 nitrogen and oxygen atoms in total. The van der Waals surface area contributed by atoms with E-state index in [4.69, 9.17) is 4.74 Å². The van der Waals surface area contributed by atoms with Crippen LogP contribution in [-0.4, -0.2) is 40.6 Å². The molecule has 1 aliphatic heterocycles. The van der Waals surface area contributed by atoms with Crippen LogP contribution in [0.2, 0.25) is 0 Å². The summed E-state index contributed by atoms with van der Waals surface area (Å²) in [6, 6.07) is 12.0. The van der Waals surface area contributed by atoms with Crippen molar-refractivity contribution in [2.75, 3.05) is 12.4 Å². The second-order valence-electron chi connectivity index (χ2n) is 8.14. The Morgan fingerprint density at radius 1 is 1.12 bits per heavy atom. The Morgan fingerprint density at radius 3 is 2.56 bits per heavy atom. The zero-order valence-corrected chi connectivity index (χ0v) is 19.1. The predicted molar refractivity (Wildman–Crippen MR) is 124 cm³/mol. The number of rotatable bonds is 6. The number of imide groups is 1. The molecule has 0 spiro atoms. The summed E-state index contributed by atoms with van der Waals surface area (Å²) in [7, 11) is 1.36. The second-order valence-corrected chi connectivity index (χ2v) is 8.14. The first-order valence-corrected chi connectivity index (χ1v) is 10.7. The van der Waals surface area contributed by atoms with Crippen LogP contribution in [-0.2, 0) is 33.7 Å². The molecule has 0 saturated carbocycles. The van der Waals surface area contributed by atoms with Gasteiger partial charge in [-0.15, -0.1) is 0 Å². The number of benzene rings is 2. The maximum atomic E-state index is 12.7. The maximum Gasteiger partial charge on any atom is 0.310 e. The highest BCUT2D eigenvalue weighted by Crippen LogP contribution is 2.21. The molecule has 0 atom stereocenters. The zero-order chi connectivity index (χ0) is 24.4. The number of amides is 3. The van der Waals surface area contributed by atoms with E-state index in [9.17, 15) is 19.2 Å². The summed E-state index contributed by atoms with van der Waals surface area (Å²) in [6.07, 6.45) is 0.266. The molecule has 4 rings (SSSR count). The van der Waals surface area contributed by atoms with E-state index in [-0.39, 0.29) is 30.6 Å². The third kappa shape index (κ3) is 4.73. The van der Waals surface area contributed by atoms with Crippen molar-refractivity contribution in [3.05, 3.63) is 81.7 Å². The first-order valence-electron chi connectivity index (χ1n) is 10.7. The van der Waals surface area contributed by atoms with Crippen molar-refractivity contribution in [3.8, 4) is 0 Å². The van der Waals surface area contributed by atoms with Gasteiger partial charge in [0.2, 0.25) is 5.91 Å². The highest BCUT2D eigenvalue weighted by atomic mass is 16.5. The Morgan fingerprint density at radius 2 is 1.85 bits per heavy atom. The molecule has 0 unspecified atom stereocenters. The number of fused-ring (bicyclic) bond motifs is 1. The molecule has 0 aliphatic carbocycles. The number of methoxy groups -OCH3 is 1. The SMILES string of the molecule is COC(=O)Cc1c(C)nn(Cc2ccc(C(=O)Nc3ccc4c(c3)CC(=O)NC4=O)cc2)c1C. The van der Waals surface area contributed by atoms with E-state index in [0.717, 1.165) is 22.5 Å². The number of carbonyl (C=O) groups excluding carboxylic acids is 4. The molecule has 0 fully saturated rings. The van der Waals surface area contributed by atoms with Crippen molar-refractivity contribution < 1.29 is 23.9 Å². The number of nitrogens with zero attached hydrogens (tertiary/aromatic N) is 2. The van der Waals surface area contributed by atoms with E-state index in [1.54, 1.807) is 30.3 Å². The van der Waals surface area contributed by atoms with Gasteiger partial charge in [-0.2, -0.15) is 5.10 Å². The standard InChI is InChI=1S/C25H24N4O5/c1-14-21(12-23(31)34-3)15(2)29(28-14)13-16-4-6-17(7-5-16)24(32)26-19-8-9-20-18(10-19)11-22(30)27-25(20)33/h4-10H,11-13H2,1-3H3,(H,26,32)(H,27,30,33). The fraction of sp³-hybridized carbons (Fsp3) is 0.240. The van der Waals surface area contributed by atoms with Crippen LogP contribution in [0.4, 0.5) is 5.69 Å². The van der Waals surface area contributed by atoms with Crippen LogP contribution in [0.3, 0.4) is 0 Å². The number of ether oxygens (including phenoxy) is 1. The first kappa shape index (κ1) is 22.9. The topological polar surface area (TPSA) is 119 Å². The number of hydrogen-bond acceptors (Lipinski definition) is 6. The molecule has 2 N–H and O–H groups in total. The van der Waals surface area contributed by atoms with Gasteiger partial charge in [-0.05, 0) is 55.3 Å². The summed E-state index contributed by atoms with van der Waals surface area (Å²) in [5, 5.41) is 9.61. The number of aromatic nitrogens is 2. The molecule has 0 radical (unpaired) electrons. The van der Waals surface area contributed by atoms with Crippen molar-refractivity contribution in [3.63, 3.8) is 0 Å². The Hall–Kier alpha value is -4.27. The zero-order valence-electron chi connectivity index (χ0n) is 19.1. The van der Waals surface area contributed by atoms with Crippen LogP contribution in [0, 0.1) is 13.8 Å². The van der Waals surface area contributed by atoms with Crippen LogP contribution < -0.4 is 10.6 Å². The summed E-state index contributed by atoms with van der Waals surface area (Å²) >= 11 is 0. The van der Waals surface area contributed by atoms with Gasteiger partial charge >= 0.3 is 5.97 Å². The normalized spacial score (nSPS) is 12.7. The van der Waals surface area contributed by atoms with Gasteiger partial charge in [0.25, 0.3) is 11.8 Å². The smallest absolute Gasteiger partial charge is 0.310 e. The largest absolute Gasteiger partial charge is 0.469 e. The fourth-order valence-corrected chi connectivity index (χ4v) is 3.95. The van der Waals surface area contributed by atoms with Gasteiger partial charge in [-0.25, -0.2) is 0 Å². The number of carbonyl (C=O) groups is 4. The van der Waals surface area contributed by atoms with E-state index >= 15 is 0 Å². The van der Waals surface area contributed by atoms with Crippen LogP contribution >= 0.6 is 0 Å². The van der Waals surface area contributed by atoms with E-state index < -0.39 is 5.91 Å². The van der Waals surface area contributed by atoms with Crippen LogP contribution in [0.1, 0.15) is 48.8 Å². The van der Waals surface area contributed by atoms with E-state index in [1.807, 2.05) is 30.7 Å². The Balaban J connectivity index is 1.44. The molecular formula is C25H24N4O5. The van der Waals surface area contributed by atoms with Crippen molar-refractivity contribution in [2.45, 2.75) is 33.2 Å². The molecule has 3 aromatic rings. The molecule has 174 valence electrons. The minimum Gasteiger partial charge on any atom is -0.469 e. The number of esters is 1. The molecule has 2 aromatic carbocycles. The predicted octanol–water partition coefficient (Wildman–Crippen LogP) is 2.33. The van der Waals surface area contributed by atoms with Crippen LogP contribution in [0.15, 0.2) is 42.5 Å². The molecule has 9 heteroatoms. The average molecular weight is 460 g/mol. The molecule has 0 saturated heterocycles. The molecule has 3 amide bonds. The lowest BCUT2D eigenvalue weighted by Crippen LogP contribution is -2.37. The summed E-state index contributed by atoms with van der Waals surface area (Å²) < 4.78 is 6.59. The third-order valence-corrected chi connectivity index (χ3v) is 5.84. The molecule has 1 aliphatic rings. The average Bonchev–Trinajstić information content (AvgIpc) is 3.06. The maximum absolute atomic E-state index is 12.7. The van der Waals surface area contributed by atoms with E-state index in [0.29, 0.717) is 28.9 Å². The minimum absolute atomic E-state index is 0.0904. The van der Waals surface area contributed by atoms with Crippen molar-refractivity contribution >= 4 is 29.4 Å². The molecule has 34 heavy (non-hydrogen) atoms. The van der Waals surface area contributed by atoms with Gasteiger partial charge in [0.1, 0.15) is 0 Å². The summed E-state index contributed by atoms with van der Waals surface area (Å²) in [5.74, 6) is -1.41. The lowest BCUT2D eigenvalue weighted by molar-refractivity contribution is -0.139. The monoisotopic (exact) mass is 460 g/mol. The Labute approximate surface area is 196 Å². The summed E-state index contributed by atoms with van der Waals surface area (Å²) in [6.45, 7) is 4.27. The fourth-order valence-electron chi connectivity index (χ4n) is 3.95. The van der Waals surface area contributed by atoms with Gasteiger partial charge in [-0.3, -0.25) is 29.2 Å². The number of hydrogen-bond donors (Lipinski definition) is 2. The molecule has 2 heterocycles. The second kappa shape index (κ2) is 9.30. The van der Waals surface area contributed by atoms with Gasteiger partial charge < -0.3 is 10.1 Å². The highest BCUT2D eigenvalue weighted by Gasteiger charge is 2.22. The lowest BCUT2D eigenvalue weighted by Gasteiger charge is -2.16. The van der Waals surface area contributed by atoms with Gasteiger partial charge in [-0.1, -0.05) is 12.1 Å². The summed E-state index contributed by atoms with van der Waals surface area (Å²) in [4.78, 5) is 47.8. The highest BCUT2D eigenvalue weighted by molar-refractivity contribution is 6.10. The number of aryl methyl sites for hydroxylation is 1. The van der Waals surface area contributed by atoms with E-state index in [1.165, 1.54) is 7.11 Å². The quantitative estimate of drug-likeness (QED) is 0.430. The summed E-state index contributed by atoms with van der Waals surface area (Å²) in [5.41, 5.74) is 5.47. The van der Waals surface area contributed by atoms with Gasteiger partial charge in [0.05, 0.1) is 32.2 Å². The molecule has 0 bridgehead atoms. The number of nitrogens with one attached hydrogen (secondary N) is 2. The first-order chi connectivity index (χ1) is 16.2.